The van der Waals surface area contributed by atoms with Crippen molar-refractivity contribution in [1.29, 1.82) is 0 Å². The van der Waals surface area contributed by atoms with Crippen molar-refractivity contribution >= 4 is 17.8 Å². The lowest BCUT2D eigenvalue weighted by Gasteiger charge is -2.18. The van der Waals surface area contributed by atoms with Gasteiger partial charge in [0.25, 0.3) is 17.4 Å². The zero-order chi connectivity index (χ0) is 24.9. The Morgan fingerprint density at radius 3 is 2.24 bits per heavy atom. The minimum atomic E-state index is -1.37. The highest BCUT2D eigenvalue weighted by atomic mass is 16.5. The van der Waals surface area contributed by atoms with Crippen molar-refractivity contribution in [2.75, 3.05) is 13.1 Å². The predicted molar refractivity (Wildman–Crippen MR) is 118 cm³/mol. The van der Waals surface area contributed by atoms with Crippen LogP contribution in [0, 0.1) is 5.92 Å². The van der Waals surface area contributed by atoms with Gasteiger partial charge in [0.15, 0.2) is 5.75 Å². The van der Waals surface area contributed by atoms with Crippen molar-refractivity contribution in [2.45, 2.75) is 33.8 Å². The second kappa shape index (κ2) is 10.5. The van der Waals surface area contributed by atoms with Crippen LogP contribution in [0.4, 0.5) is 0 Å². The molecule has 0 saturated heterocycles. The lowest BCUT2D eigenvalue weighted by molar-refractivity contribution is -0.135. The van der Waals surface area contributed by atoms with E-state index in [9.17, 15) is 29.4 Å². The maximum absolute atomic E-state index is 13.2. The van der Waals surface area contributed by atoms with E-state index < -0.39 is 52.6 Å². The molecule has 11 nitrogen and oxygen atoms in total. The van der Waals surface area contributed by atoms with Gasteiger partial charge in [-0.15, -0.1) is 0 Å². The summed E-state index contributed by atoms with van der Waals surface area (Å²) in [6.07, 6.45) is -0.194. The van der Waals surface area contributed by atoms with Gasteiger partial charge in [-0.3, -0.25) is 19.2 Å². The number of hydrogen-bond acceptors (Lipinski definition) is 7. The van der Waals surface area contributed by atoms with Crippen molar-refractivity contribution in [1.82, 2.24) is 15.2 Å². The third-order valence-electron chi connectivity index (χ3n) is 4.30. The molecule has 0 aliphatic carbocycles. The number of aromatic hydroxyl groups is 2. The van der Waals surface area contributed by atoms with Gasteiger partial charge in [-0.05, 0) is 31.9 Å². The quantitative estimate of drug-likeness (QED) is 0.372. The van der Waals surface area contributed by atoms with Crippen LogP contribution < -0.4 is 20.9 Å². The highest BCUT2D eigenvalue weighted by Crippen LogP contribution is 2.31. The van der Waals surface area contributed by atoms with Crippen LogP contribution in [0.3, 0.4) is 0 Å². The Hall–Kier alpha value is -4.02. The first-order valence-corrected chi connectivity index (χ1v) is 10.2. The maximum Gasteiger partial charge on any atom is 0.322 e. The number of hydrogen-bond donors (Lipinski definition) is 5. The SMILES string of the molecule is CC(C)CNC(=O)c1c(O)c(C(=O)NCC(=O)O)c(O)n(-c2cccc(OC(C)C)c2)c1=O. The number of aliphatic carboxylic acids is 1. The van der Waals surface area contributed by atoms with E-state index in [1.165, 1.54) is 18.2 Å². The Morgan fingerprint density at radius 2 is 1.67 bits per heavy atom. The highest BCUT2D eigenvalue weighted by Gasteiger charge is 2.30. The standard InChI is InChI=1S/C22H27N3O8/c1-11(2)9-23-19(29)16-18(28)17(20(30)24-10-15(26)27)22(32)25(21(16)31)13-6-5-7-14(8-13)33-12(3)4/h5-8,11-12,28,32H,9-10H2,1-4H3,(H,23,29)(H,24,30)(H,26,27). The van der Waals surface area contributed by atoms with Gasteiger partial charge in [-0.1, -0.05) is 19.9 Å². The molecular formula is C22H27N3O8. The largest absolute Gasteiger partial charge is 0.506 e. The molecule has 0 aliphatic heterocycles. The molecular weight excluding hydrogens is 434 g/mol. The van der Waals surface area contributed by atoms with E-state index >= 15 is 0 Å². The first-order chi connectivity index (χ1) is 15.4. The first-order valence-electron chi connectivity index (χ1n) is 10.2. The van der Waals surface area contributed by atoms with Crippen molar-refractivity contribution in [3.05, 3.63) is 45.7 Å². The molecule has 1 aromatic heterocycles. The minimum Gasteiger partial charge on any atom is -0.506 e. The van der Waals surface area contributed by atoms with E-state index in [-0.39, 0.29) is 24.3 Å². The number of nitrogens with one attached hydrogen (secondary N) is 2. The van der Waals surface area contributed by atoms with Crippen LogP contribution >= 0.6 is 0 Å². The average Bonchev–Trinajstić information content (AvgIpc) is 2.70. The first kappa shape index (κ1) is 25.2. The van der Waals surface area contributed by atoms with Crippen LogP contribution in [0.5, 0.6) is 17.4 Å². The third kappa shape index (κ3) is 6.03. The van der Waals surface area contributed by atoms with E-state index in [4.69, 9.17) is 9.84 Å². The van der Waals surface area contributed by atoms with Crippen molar-refractivity contribution in [3.8, 4) is 23.1 Å². The monoisotopic (exact) mass is 461 g/mol. The van der Waals surface area contributed by atoms with Gasteiger partial charge >= 0.3 is 5.97 Å². The third-order valence-corrected chi connectivity index (χ3v) is 4.30. The molecule has 0 spiro atoms. The Kier molecular flexibility index (Phi) is 8.05. The lowest BCUT2D eigenvalue weighted by Crippen LogP contribution is -2.37. The van der Waals surface area contributed by atoms with Crippen molar-refractivity contribution in [2.24, 2.45) is 5.92 Å². The summed E-state index contributed by atoms with van der Waals surface area (Å²) in [5.41, 5.74) is -2.62. The van der Waals surface area contributed by atoms with Crippen LogP contribution in [0.2, 0.25) is 0 Å². The van der Waals surface area contributed by atoms with Gasteiger partial charge in [0, 0.05) is 12.6 Å². The van der Waals surface area contributed by atoms with Crippen LogP contribution in [-0.4, -0.2) is 56.9 Å². The number of carbonyl (C=O) groups excluding carboxylic acids is 2. The van der Waals surface area contributed by atoms with Gasteiger partial charge in [-0.25, -0.2) is 4.57 Å². The number of benzene rings is 1. The topological polar surface area (TPSA) is 167 Å². The Bertz CT molecular complexity index is 1120. The molecule has 178 valence electrons. The molecule has 1 aromatic carbocycles. The molecule has 33 heavy (non-hydrogen) atoms. The summed E-state index contributed by atoms with van der Waals surface area (Å²) in [4.78, 5) is 49.3. The zero-order valence-electron chi connectivity index (χ0n) is 18.7. The summed E-state index contributed by atoms with van der Waals surface area (Å²) in [6, 6.07) is 5.99. The Balaban J connectivity index is 2.75. The summed E-state index contributed by atoms with van der Waals surface area (Å²) in [6.45, 7) is 6.58. The summed E-state index contributed by atoms with van der Waals surface area (Å²) in [5, 5.41) is 34.7. The molecule has 0 unspecified atom stereocenters. The van der Waals surface area contributed by atoms with E-state index in [0.717, 1.165) is 0 Å². The predicted octanol–water partition coefficient (Wildman–Crippen LogP) is 1.24. The van der Waals surface area contributed by atoms with Crippen molar-refractivity contribution in [3.63, 3.8) is 0 Å². The molecule has 5 N–H and O–H groups in total. The molecule has 0 radical (unpaired) electrons. The van der Waals surface area contributed by atoms with Crippen LogP contribution in [0.25, 0.3) is 5.69 Å². The molecule has 0 atom stereocenters. The Morgan fingerprint density at radius 1 is 1.03 bits per heavy atom. The highest BCUT2D eigenvalue weighted by molar-refractivity contribution is 6.05. The van der Waals surface area contributed by atoms with Gasteiger partial charge in [0.1, 0.15) is 23.4 Å². The van der Waals surface area contributed by atoms with Gasteiger partial charge < -0.3 is 30.7 Å². The molecule has 2 rings (SSSR count). The molecule has 2 amide bonds. The number of carboxylic acid groups (broad SMARTS) is 1. The number of aromatic nitrogens is 1. The van der Waals surface area contributed by atoms with Gasteiger partial charge in [0.05, 0.1) is 11.8 Å². The molecule has 0 aliphatic rings. The number of carboxylic acids is 1. The fourth-order valence-electron chi connectivity index (χ4n) is 2.90. The van der Waals surface area contributed by atoms with Crippen LogP contribution in [0.1, 0.15) is 48.4 Å². The number of ether oxygens (including phenoxy) is 1. The number of nitrogens with zero attached hydrogens (tertiary/aromatic N) is 1. The summed E-state index contributed by atoms with van der Waals surface area (Å²) < 4.78 is 6.27. The molecule has 0 fully saturated rings. The normalized spacial score (nSPS) is 10.8. The summed E-state index contributed by atoms with van der Waals surface area (Å²) in [5.74, 6) is -5.17. The minimum absolute atomic E-state index is 0.0265. The molecule has 11 heteroatoms. The molecule has 1 heterocycles. The molecule has 2 aromatic rings. The smallest absolute Gasteiger partial charge is 0.322 e. The van der Waals surface area contributed by atoms with E-state index in [1.807, 2.05) is 19.2 Å². The average molecular weight is 461 g/mol. The molecule has 0 bridgehead atoms. The zero-order valence-corrected chi connectivity index (χ0v) is 18.7. The number of rotatable bonds is 9. The number of amides is 2. The fourth-order valence-corrected chi connectivity index (χ4v) is 2.90. The summed E-state index contributed by atoms with van der Waals surface area (Å²) >= 11 is 0. The maximum atomic E-state index is 13.2. The number of carbonyl (C=O) groups is 3. The van der Waals surface area contributed by atoms with Crippen molar-refractivity contribution < 1.29 is 34.4 Å². The van der Waals surface area contributed by atoms with E-state index in [0.29, 0.717) is 10.3 Å². The molecule has 0 saturated carbocycles. The number of pyridine rings is 1. The van der Waals surface area contributed by atoms with E-state index in [1.54, 1.807) is 19.9 Å². The van der Waals surface area contributed by atoms with Crippen LogP contribution in [0.15, 0.2) is 29.1 Å². The second-order valence-corrected chi connectivity index (χ2v) is 7.91. The Labute approximate surface area is 189 Å². The van der Waals surface area contributed by atoms with E-state index in [2.05, 4.69) is 5.32 Å². The lowest BCUT2D eigenvalue weighted by atomic mass is 10.1. The van der Waals surface area contributed by atoms with Gasteiger partial charge in [0.2, 0.25) is 5.88 Å². The van der Waals surface area contributed by atoms with Gasteiger partial charge in [-0.2, -0.15) is 0 Å². The fraction of sp³-hybridized carbons (Fsp3) is 0.364. The summed E-state index contributed by atoms with van der Waals surface area (Å²) in [7, 11) is 0. The van der Waals surface area contributed by atoms with Crippen LogP contribution in [-0.2, 0) is 4.79 Å². The second-order valence-electron chi connectivity index (χ2n) is 7.91.